The van der Waals surface area contributed by atoms with E-state index in [0.29, 0.717) is 11.6 Å². The number of piperazine rings is 2. The fraction of sp³-hybridized carbons (Fsp3) is 0.476. The first-order valence-electron chi connectivity index (χ1n) is 10.2. The third kappa shape index (κ3) is 4.83. The molecular weight excluding hydrogens is 366 g/mol. The van der Waals surface area contributed by atoms with Gasteiger partial charge in [-0.3, -0.25) is 4.79 Å². The molecule has 2 fully saturated rings. The average molecular weight is 396 g/mol. The number of anilines is 3. The van der Waals surface area contributed by atoms with E-state index < -0.39 is 0 Å². The lowest BCUT2D eigenvalue weighted by molar-refractivity contribution is 0.102. The lowest BCUT2D eigenvalue weighted by Gasteiger charge is -2.34. The lowest BCUT2D eigenvalue weighted by Crippen LogP contribution is -2.45. The van der Waals surface area contributed by atoms with Crippen LogP contribution in [0.5, 0.6) is 0 Å². The van der Waals surface area contributed by atoms with Gasteiger partial charge < -0.3 is 24.9 Å². The fourth-order valence-corrected chi connectivity index (χ4v) is 3.65. The van der Waals surface area contributed by atoms with Crippen LogP contribution in [0, 0.1) is 0 Å². The summed E-state index contributed by atoms with van der Waals surface area (Å²) in [5.74, 6) is 0.409. The van der Waals surface area contributed by atoms with Crippen molar-refractivity contribution in [2.24, 2.45) is 0 Å². The molecule has 2 aliphatic rings. The minimum absolute atomic E-state index is 0.213. The quantitative estimate of drug-likeness (QED) is 0.835. The molecule has 2 saturated heterocycles. The number of likely N-dealkylation sites (N-methyl/N-ethyl adjacent to an activating group) is 2. The summed E-state index contributed by atoms with van der Waals surface area (Å²) in [5.41, 5.74) is 2.35. The highest BCUT2D eigenvalue weighted by Gasteiger charge is 2.18. The SMILES string of the molecule is CN1CCN(c2ccc(NC(=O)c3ccnc(N4CCN(C)CC4)n3)cc2)CC1. The number of nitrogens with zero attached hydrogens (tertiary/aromatic N) is 6. The first kappa shape index (κ1) is 19.6. The maximum Gasteiger partial charge on any atom is 0.274 e. The maximum atomic E-state index is 12.7. The number of nitrogens with one attached hydrogen (secondary N) is 1. The topological polar surface area (TPSA) is 67.8 Å². The maximum absolute atomic E-state index is 12.7. The fourth-order valence-electron chi connectivity index (χ4n) is 3.65. The number of hydrogen-bond donors (Lipinski definition) is 1. The molecule has 0 saturated carbocycles. The molecule has 8 heteroatoms. The van der Waals surface area contributed by atoms with E-state index in [1.54, 1.807) is 12.3 Å². The van der Waals surface area contributed by atoms with E-state index in [-0.39, 0.29) is 5.91 Å². The second kappa shape index (κ2) is 8.75. The summed E-state index contributed by atoms with van der Waals surface area (Å²) in [6, 6.07) is 9.70. The predicted molar refractivity (Wildman–Crippen MR) is 116 cm³/mol. The molecule has 3 heterocycles. The van der Waals surface area contributed by atoms with Crippen LogP contribution in [0.1, 0.15) is 10.5 Å². The molecule has 1 N–H and O–H groups in total. The van der Waals surface area contributed by atoms with Crippen molar-refractivity contribution in [3.63, 3.8) is 0 Å². The summed E-state index contributed by atoms with van der Waals surface area (Å²) < 4.78 is 0. The normalized spacial score (nSPS) is 18.7. The number of rotatable bonds is 4. The lowest BCUT2D eigenvalue weighted by atomic mass is 10.2. The molecule has 2 aliphatic heterocycles. The Morgan fingerprint density at radius 1 is 0.828 bits per heavy atom. The molecule has 0 radical (unpaired) electrons. The van der Waals surface area contributed by atoms with Gasteiger partial charge in [0.25, 0.3) is 5.91 Å². The molecule has 1 amide bonds. The van der Waals surface area contributed by atoms with Gasteiger partial charge in [0, 0.05) is 69.9 Å². The molecule has 29 heavy (non-hydrogen) atoms. The Balaban J connectivity index is 1.38. The van der Waals surface area contributed by atoms with E-state index in [1.165, 1.54) is 5.69 Å². The monoisotopic (exact) mass is 395 g/mol. The molecule has 1 aromatic carbocycles. The van der Waals surface area contributed by atoms with Gasteiger partial charge >= 0.3 is 0 Å². The number of hydrogen-bond acceptors (Lipinski definition) is 7. The highest BCUT2D eigenvalue weighted by molar-refractivity contribution is 6.03. The van der Waals surface area contributed by atoms with E-state index in [0.717, 1.165) is 58.0 Å². The van der Waals surface area contributed by atoms with E-state index in [2.05, 4.69) is 61.1 Å². The van der Waals surface area contributed by atoms with Crippen molar-refractivity contribution in [3.05, 3.63) is 42.2 Å². The molecule has 0 unspecified atom stereocenters. The summed E-state index contributed by atoms with van der Waals surface area (Å²) >= 11 is 0. The van der Waals surface area contributed by atoms with Crippen LogP contribution in [0.2, 0.25) is 0 Å². The van der Waals surface area contributed by atoms with Crippen molar-refractivity contribution in [2.45, 2.75) is 0 Å². The van der Waals surface area contributed by atoms with Gasteiger partial charge in [-0.2, -0.15) is 0 Å². The summed E-state index contributed by atoms with van der Waals surface area (Å²) in [5, 5.41) is 2.95. The molecule has 2 aromatic rings. The number of carbonyl (C=O) groups excluding carboxylic acids is 1. The third-order valence-corrected chi connectivity index (χ3v) is 5.66. The van der Waals surface area contributed by atoms with Crippen molar-refractivity contribution < 1.29 is 4.79 Å². The smallest absolute Gasteiger partial charge is 0.274 e. The second-order valence-electron chi connectivity index (χ2n) is 7.82. The largest absolute Gasteiger partial charge is 0.369 e. The highest BCUT2D eigenvalue weighted by Crippen LogP contribution is 2.20. The summed E-state index contributed by atoms with van der Waals surface area (Å²) in [4.78, 5) is 30.6. The van der Waals surface area contributed by atoms with Crippen molar-refractivity contribution in [1.29, 1.82) is 0 Å². The third-order valence-electron chi connectivity index (χ3n) is 5.66. The molecule has 0 bridgehead atoms. The Hall–Kier alpha value is -2.71. The Kier molecular flexibility index (Phi) is 5.92. The Morgan fingerprint density at radius 2 is 1.41 bits per heavy atom. The van der Waals surface area contributed by atoms with Gasteiger partial charge in [-0.25, -0.2) is 9.97 Å². The van der Waals surface area contributed by atoms with Crippen LogP contribution < -0.4 is 15.1 Å². The van der Waals surface area contributed by atoms with Crippen LogP contribution in [0.4, 0.5) is 17.3 Å². The summed E-state index contributed by atoms with van der Waals surface area (Å²) in [6.45, 7) is 7.88. The minimum atomic E-state index is -0.213. The molecule has 0 spiro atoms. The molecular formula is C21H29N7O. The molecule has 0 aliphatic carbocycles. The van der Waals surface area contributed by atoms with Crippen molar-refractivity contribution >= 4 is 23.2 Å². The van der Waals surface area contributed by atoms with Gasteiger partial charge in [-0.15, -0.1) is 0 Å². The van der Waals surface area contributed by atoms with Crippen LogP contribution in [0.3, 0.4) is 0 Å². The van der Waals surface area contributed by atoms with Gasteiger partial charge in [-0.05, 0) is 44.4 Å². The van der Waals surface area contributed by atoms with Crippen molar-refractivity contribution in [3.8, 4) is 0 Å². The molecule has 0 atom stereocenters. The molecule has 8 nitrogen and oxygen atoms in total. The van der Waals surface area contributed by atoms with Crippen LogP contribution in [-0.4, -0.2) is 92.1 Å². The van der Waals surface area contributed by atoms with Gasteiger partial charge in [-0.1, -0.05) is 0 Å². The van der Waals surface area contributed by atoms with Gasteiger partial charge in [0.1, 0.15) is 5.69 Å². The number of amides is 1. The number of aromatic nitrogens is 2. The minimum Gasteiger partial charge on any atom is -0.369 e. The van der Waals surface area contributed by atoms with Gasteiger partial charge in [0.15, 0.2) is 0 Å². The predicted octanol–water partition coefficient (Wildman–Crippen LogP) is 1.23. The van der Waals surface area contributed by atoms with Crippen molar-refractivity contribution in [2.75, 3.05) is 81.6 Å². The van der Waals surface area contributed by atoms with Crippen LogP contribution in [0.15, 0.2) is 36.5 Å². The zero-order valence-electron chi connectivity index (χ0n) is 17.2. The van der Waals surface area contributed by atoms with Crippen LogP contribution >= 0.6 is 0 Å². The molecule has 1 aromatic heterocycles. The van der Waals surface area contributed by atoms with E-state index in [4.69, 9.17) is 0 Å². The Bertz CT molecular complexity index is 825. The Labute approximate surface area is 172 Å². The highest BCUT2D eigenvalue weighted by atomic mass is 16.1. The standard InChI is InChI=1S/C21H29N7O/c1-25-9-13-27(14-10-25)18-5-3-17(4-6-18)23-20(29)19-7-8-22-21(24-19)28-15-11-26(2)12-16-28/h3-8H,9-16H2,1-2H3,(H,23,29). The van der Waals surface area contributed by atoms with E-state index in [9.17, 15) is 4.79 Å². The van der Waals surface area contributed by atoms with E-state index >= 15 is 0 Å². The first-order valence-corrected chi connectivity index (χ1v) is 10.2. The van der Waals surface area contributed by atoms with E-state index in [1.807, 2.05) is 12.1 Å². The zero-order valence-corrected chi connectivity index (χ0v) is 17.2. The second-order valence-corrected chi connectivity index (χ2v) is 7.82. The summed E-state index contributed by atoms with van der Waals surface area (Å²) in [7, 11) is 4.26. The zero-order chi connectivity index (χ0) is 20.2. The molecule has 4 rings (SSSR count). The number of carbonyl (C=O) groups is 1. The van der Waals surface area contributed by atoms with Gasteiger partial charge in [0.05, 0.1) is 0 Å². The molecule has 154 valence electrons. The van der Waals surface area contributed by atoms with Crippen LogP contribution in [-0.2, 0) is 0 Å². The van der Waals surface area contributed by atoms with Crippen LogP contribution in [0.25, 0.3) is 0 Å². The van der Waals surface area contributed by atoms with Gasteiger partial charge in [0.2, 0.25) is 5.95 Å². The first-order chi connectivity index (χ1) is 14.1. The van der Waals surface area contributed by atoms with Crippen molar-refractivity contribution in [1.82, 2.24) is 19.8 Å². The number of benzene rings is 1. The Morgan fingerprint density at radius 3 is 2.03 bits per heavy atom. The average Bonchev–Trinajstić information content (AvgIpc) is 2.75. The summed E-state index contributed by atoms with van der Waals surface area (Å²) in [6.07, 6.45) is 1.66.